The molecule has 0 unspecified atom stereocenters. The first-order valence-electron chi connectivity index (χ1n) is 7.45. The van der Waals surface area contributed by atoms with Crippen LogP contribution in [0.15, 0.2) is 48.5 Å². The lowest BCUT2D eigenvalue weighted by Gasteiger charge is -2.05. The number of aryl methyl sites for hydroxylation is 2. The Morgan fingerprint density at radius 2 is 1.87 bits per heavy atom. The van der Waals surface area contributed by atoms with Crippen molar-refractivity contribution in [3.8, 4) is 5.69 Å². The molecule has 4 heteroatoms. The number of anilines is 1. The van der Waals surface area contributed by atoms with Gasteiger partial charge in [0.25, 0.3) is 0 Å². The van der Waals surface area contributed by atoms with E-state index in [4.69, 9.17) is 12.2 Å². The monoisotopic (exact) mass is 321 g/mol. The van der Waals surface area contributed by atoms with Gasteiger partial charge in [0.2, 0.25) is 0 Å². The molecule has 3 nitrogen and oxygen atoms in total. The number of nitrogens with one attached hydrogen (secondary N) is 2. The van der Waals surface area contributed by atoms with E-state index in [-0.39, 0.29) is 0 Å². The maximum absolute atomic E-state index is 5.58. The number of H-pyrrole nitrogens is 1. The number of rotatable bonds is 3. The lowest BCUT2D eigenvalue weighted by molar-refractivity contribution is 0.857. The molecule has 3 aromatic rings. The molecule has 0 aliphatic heterocycles. The van der Waals surface area contributed by atoms with Gasteiger partial charge < -0.3 is 5.32 Å². The highest BCUT2D eigenvalue weighted by Gasteiger charge is 2.01. The van der Waals surface area contributed by atoms with E-state index >= 15 is 0 Å². The van der Waals surface area contributed by atoms with E-state index in [9.17, 15) is 0 Å². The summed E-state index contributed by atoms with van der Waals surface area (Å²) >= 11 is 5.58. The maximum atomic E-state index is 5.58. The summed E-state index contributed by atoms with van der Waals surface area (Å²) in [4.78, 5) is 0. The highest BCUT2D eigenvalue weighted by atomic mass is 32.1. The van der Waals surface area contributed by atoms with E-state index in [1.165, 1.54) is 11.1 Å². The molecule has 0 saturated heterocycles. The fraction of sp³-hybridized carbons (Fsp3) is 0.105. The van der Waals surface area contributed by atoms with Crippen molar-refractivity contribution in [3.05, 3.63) is 74.9 Å². The Balaban J connectivity index is 2.02. The van der Waals surface area contributed by atoms with Crippen molar-refractivity contribution in [2.24, 2.45) is 0 Å². The molecular formula is C19H19N3S. The summed E-state index contributed by atoms with van der Waals surface area (Å²) in [6, 6.07) is 16.3. The molecule has 0 atom stereocenters. The van der Waals surface area contributed by atoms with Gasteiger partial charge in [0.1, 0.15) is 4.64 Å². The second kappa shape index (κ2) is 6.26. The molecule has 23 heavy (non-hydrogen) atoms. The van der Waals surface area contributed by atoms with Gasteiger partial charge in [-0.3, -0.25) is 5.10 Å². The lowest BCUT2D eigenvalue weighted by Crippen LogP contribution is -2.22. The maximum Gasteiger partial charge on any atom is 0.136 e. The van der Waals surface area contributed by atoms with E-state index in [1.807, 2.05) is 41.2 Å². The minimum Gasteiger partial charge on any atom is -0.361 e. The smallest absolute Gasteiger partial charge is 0.136 e. The summed E-state index contributed by atoms with van der Waals surface area (Å²) < 4.78 is 2.58. The van der Waals surface area contributed by atoms with Gasteiger partial charge in [-0.15, -0.1) is 0 Å². The average molecular weight is 321 g/mol. The summed E-state index contributed by atoms with van der Waals surface area (Å²) in [5, 5.41) is 8.24. The number of nitrogens with zero attached hydrogens (tertiary/aromatic N) is 1. The fourth-order valence-electron chi connectivity index (χ4n) is 2.53. The summed E-state index contributed by atoms with van der Waals surface area (Å²) in [5.74, 6) is 0. The van der Waals surface area contributed by atoms with Crippen LogP contribution in [-0.4, -0.2) is 9.78 Å². The van der Waals surface area contributed by atoms with Gasteiger partial charge in [0.05, 0.1) is 16.3 Å². The molecule has 0 amide bonds. The van der Waals surface area contributed by atoms with Gasteiger partial charge in [-0.05, 0) is 37.6 Å². The first kappa shape index (κ1) is 15.3. The normalized spacial score (nSPS) is 11.7. The van der Waals surface area contributed by atoms with Crippen LogP contribution in [0.3, 0.4) is 0 Å². The standard InChI is InChI=1S/C19H19N3S/c1-13-9-10-18(14(2)11-13)20-12-17-15(3)21-22(19(17)23)16-7-5-4-6-8-16/h4-12,20-21H,3H2,1-2H3/b17-12-. The van der Waals surface area contributed by atoms with E-state index in [0.29, 0.717) is 4.64 Å². The van der Waals surface area contributed by atoms with Crippen LogP contribution in [-0.2, 0) is 0 Å². The molecule has 0 aliphatic rings. The molecule has 0 spiro atoms. The Hall–Kier alpha value is -2.59. The number of hydrogen-bond donors (Lipinski definition) is 2. The summed E-state index contributed by atoms with van der Waals surface area (Å²) in [6.07, 6.45) is 1.91. The van der Waals surface area contributed by atoms with Crippen LogP contribution in [0.2, 0.25) is 0 Å². The number of aromatic nitrogens is 2. The molecule has 1 heterocycles. The van der Waals surface area contributed by atoms with E-state index in [0.717, 1.165) is 21.9 Å². The van der Waals surface area contributed by atoms with Crippen molar-refractivity contribution >= 4 is 30.7 Å². The zero-order valence-corrected chi connectivity index (χ0v) is 14.1. The van der Waals surface area contributed by atoms with Crippen LogP contribution >= 0.6 is 12.2 Å². The van der Waals surface area contributed by atoms with Crippen LogP contribution in [0, 0.1) is 18.5 Å². The van der Waals surface area contributed by atoms with Crippen molar-refractivity contribution in [1.29, 1.82) is 0 Å². The number of benzene rings is 2. The zero-order valence-electron chi connectivity index (χ0n) is 13.3. The van der Waals surface area contributed by atoms with Crippen molar-refractivity contribution < 1.29 is 0 Å². The Morgan fingerprint density at radius 3 is 2.57 bits per heavy atom. The second-order valence-corrected chi connectivity index (χ2v) is 5.97. The molecule has 0 bridgehead atoms. The highest BCUT2D eigenvalue weighted by Crippen LogP contribution is 2.15. The number of aromatic amines is 1. The first-order chi connectivity index (χ1) is 11.1. The SMILES string of the molecule is C=c1[nH]n(-c2ccccc2)c(=S)/c1=C\Nc1ccc(C)cc1C. The summed E-state index contributed by atoms with van der Waals surface area (Å²) in [7, 11) is 0. The van der Waals surface area contributed by atoms with Crippen LogP contribution in [0.1, 0.15) is 11.1 Å². The average Bonchev–Trinajstić information content (AvgIpc) is 2.82. The minimum absolute atomic E-state index is 0.707. The van der Waals surface area contributed by atoms with Crippen molar-refractivity contribution in [2.75, 3.05) is 5.32 Å². The Bertz CT molecular complexity index is 997. The third-order valence-corrected chi connectivity index (χ3v) is 4.18. The highest BCUT2D eigenvalue weighted by molar-refractivity contribution is 7.71. The molecule has 2 aromatic carbocycles. The molecule has 116 valence electrons. The summed E-state index contributed by atoms with van der Waals surface area (Å²) in [5.41, 5.74) is 4.51. The topological polar surface area (TPSA) is 32.8 Å². The Morgan fingerprint density at radius 1 is 1.13 bits per heavy atom. The molecule has 1 aromatic heterocycles. The van der Waals surface area contributed by atoms with Gasteiger partial charge >= 0.3 is 0 Å². The molecule has 0 fully saturated rings. The minimum atomic E-state index is 0.707. The third-order valence-electron chi connectivity index (χ3n) is 3.77. The third kappa shape index (κ3) is 3.12. The first-order valence-corrected chi connectivity index (χ1v) is 7.86. The fourth-order valence-corrected chi connectivity index (χ4v) is 2.86. The van der Waals surface area contributed by atoms with Crippen LogP contribution in [0.5, 0.6) is 0 Å². The van der Waals surface area contributed by atoms with Crippen LogP contribution in [0.25, 0.3) is 18.5 Å². The van der Waals surface area contributed by atoms with Gasteiger partial charge in [0, 0.05) is 11.9 Å². The van der Waals surface area contributed by atoms with Gasteiger partial charge in [0.15, 0.2) is 0 Å². The van der Waals surface area contributed by atoms with E-state index < -0.39 is 0 Å². The largest absolute Gasteiger partial charge is 0.361 e. The molecule has 0 aliphatic carbocycles. The predicted molar refractivity (Wildman–Crippen MR) is 99.7 cm³/mol. The molecular weight excluding hydrogens is 302 g/mol. The van der Waals surface area contributed by atoms with E-state index in [2.05, 4.69) is 49.0 Å². The molecule has 0 saturated carbocycles. The Kier molecular flexibility index (Phi) is 4.17. The van der Waals surface area contributed by atoms with Gasteiger partial charge in [-0.2, -0.15) is 0 Å². The van der Waals surface area contributed by atoms with Crippen LogP contribution < -0.4 is 15.9 Å². The number of hydrogen-bond acceptors (Lipinski definition) is 2. The molecule has 2 N–H and O–H groups in total. The van der Waals surface area contributed by atoms with Gasteiger partial charge in [-0.25, -0.2) is 4.68 Å². The Labute approximate surface area is 140 Å². The zero-order chi connectivity index (χ0) is 16.4. The van der Waals surface area contributed by atoms with Crippen molar-refractivity contribution in [2.45, 2.75) is 13.8 Å². The molecule has 0 radical (unpaired) electrons. The van der Waals surface area contributed by atoms with Crippen molar-refractivity contribution in [3.63, 3.8) is 0 Å². The predicted octanol–water partition coefficient (Wildman–Crippen LogP) is 3.41. The van der Waals surface area contributed by atoms with Crippen molar-refractivity contribution in [1.82, 2.24) is 9.78 Å². The summed E-state index contributed by atoms with van der Waals surface area (Å²) in [6.45, 7) is 8.24. The van der Waals surface area contributed by atoms with Gasteiger partial charge in [-0.1, -0.05) is 54.7 Å². The second-order valence-electron chi connectivity index (χ2n) is 5.59. The van der Waals surface area contributed by atoms with E-state index in [1.54, 1.807) is 0 Å². The molecule has 3 rings (SSSR count). The quantitative estimate of drug-likeness (QED) is 0.725. The lowest BCUT2D eigenvalue weighted by atomic mass is 10.1. The van der Waals surface area contributed by atoms with Crippen LogP contribution in [0.4, 0.5) is 5.69 Å². The number of para-hydroxylation sites is 1.